The summed E-state index contributed by atoms with van der Waals surface area (Å²) in [6.45, 7) is 3.67. The molecule has 17 heavy (non-hydrogen) atoms. The molecule has 0 fully saturated rings. The quantitative estimate of drug-likeness (QED) is 0.665. The number of aromatic nitrogens is 3. The number of amides is 1. The number of aryl methyl sites for hydroxylation is 1. The highest BCUT2D eigenvalue weighted by Crippen LogP contribution is 1.98. The molecule has 0 radical (unpaired) electrons. The minimum absolute atomic E-state index is 0.0202. The predicted molar refractivity (Wildman–Crippen MR) is 59.6 cm³/mol. The summed E-state index contributed by atoms with van der Waals surface area (Å²) in [4.78, 5) is 26.3. The van der Waals surface area contributed by atoms with Crippen molar-refractivity contribution in [2.45, 2.75) is 39.2 Å². The van der Waals surface area contributed by atoms with Crippen LogP contribution in [0.25, 0.3) is 0 Å². The van der Waals surface area contributed by atoms with Gasteiger partial charge in [-0.25, -0.2) is 9.78 Å². The molecular formula is C10H16N4O3. The van der Waals surface area contributed by atoms with E-state index in [0.29, 0.717) is 18.7 Å². The maximum absolute atomic E-state index is 11.6. The molecule has 0 bridgehead atoms. The largest absolute Gasteiger partial charge is 0.480 e. The molecular weight excluding hydrogens is 224 g/mol. The monoisotopic (exact) mass is 240 g/mol. The van der Waals surface area contributed by atoms with Gasteiger partial charge in [0.05, 0.1) is 0 Å². The van der Waals surface area contributed by atoms with Gasteiger partial charge < -0.3 is 10.4 Å². The van der Waals surface area contributed by atoms with E-state index >= 15 is 0 Å². The summed E-state index contributed by atoms with van der Waals surface area (Å²) in [6, 6.07) is -0.907. The molecule has 3 N–H and O–H groups in total. The average Bonchev–Trinajstić information content (AvgIpc) is 2.74. The zero-order valence-corrected chi connectivity index (χ0v) is 9.86. The number of nitrogens with zero attached hydrogens (tertiary/aromatic N) is 2. The lowest BCUT2D eigenvalue weighted by molar-refractivity contribution is -0.139. The number of aliphatic carboxylic acids is 1. The van der Waals surface area contributed by atoms with Crippen molar-refractivity contribution in [2.24, 2.45) is 0 Å². The van der Waals surface area contributed by atoms with E-state index in [-0.39, 0.29) is 5.82 Å². The van der Waals surface area contributed by atoms with Gasteiger partial charge in [0.25, 0.3) is 5.91 Å². The predicted octanol–water partition coefficient (Wildman–Crippen LogP) is 0.350. The topological polar surface area (TPSA) is 108 Å². The number of carboxylic acids is 1. The summed E-state index contributed by atoms with van der Waals surface area (Å²) >= 11 is 0. The first-order chi connectivity index (χ1) is 8.08. The Labute approximate surface area is 98.6 Å². The second-order valence-electron chi connectivity index (χ2n) is 3.63. The van der Waals surface area contributed by atoms with Crippen LogP contribution in [0.4, 0.5) is 0 Å². The molecule has 7 heteroatoms. The minimum atomic E-state index is -1.06. The van der Waals surface area contributed by atoms with E-state index in [1.165, 1.54) is 0 Å². The molecule has 0 aliphatic heterocycles. The van der Waals surface area contributed by atoms with Gasteiger partial charge in [0.2, 0.25) is 5.82 Å². The molecule has 1 heterocycles. The number of hydrogen-bond donors (Lipinski definition) is 3. The zero-order valence-electron chi connectivity index (χ0n) is 9.86. The molecule has 7 nitrogen and oxygen atoms in total. The third kappa shape index (κ3) is 3.54. The number of carboxylic acid groups (broad SMARTS) is 1. The molecule has 0 saturated carbocycles. The van der Waals surface area contributed by atoms with Crippen LogP contribution >= 0.6 is 0 Å². The van der Waals surface area contributed by atoms with Crippen LogP contribution in [-0.4, -0.2) is 38.2 Å². The Kier molecular flexibility index (Phi) is 4.62. The van der Waals surface area contributed by atoms with Crippen molar-refractivity contribution in [1.82, 2.24) is 20.5 Å². The highest BCUT2D eigenvalue weighted by Gasteiger charge is 2.20. The Bertz CT molecular complexity index is 402. The molecule has 1 atom stereocenters. The van der Waals surface area contributed by atoms with Crippen molar-refractivity contribution in [1.29, 1.82) is 0 Å². The van der Waals surface area contributed by atoms with Crippen molar-refractivity contribution in [3.8, 4) is 0 Å². The van der Waals surface area contributed by atoms with Crippen LogP contribution in [0.1, 0.15) is 43.1 Å². The fourth-order valence-electron chi connectivity index (χ4n) is 1.31. The second kappa shape index (κ2) is 5.97. The molecule has 0 spiro atoms. The van der Waals surface area contributed by atoms with E-state index in [9.17, 15) is 9.59 Å². The van der Waals surface area contributed by atoms with Crippen LogP contribution in [-0.2, 0) is 11.2 Å². The molecule has 1 aromatic rings. The van der Waals surface area contributed by atoms with Crippen molar-refractivity contribution in [2.75, 3.05) is 0 Å². The van der Waals surface area contributed by atoms with Crippen LogP contribution in [0.5, 0.6) is 0 Å². The molecule has 94 valence electrons. The lowest BCUT2D eigenvalue weighted by atomic mass is 10.2. The first-order valence-corrected chi connectivity index (χ1v) is 5.53. The molecule has 1 aromatic heterocycles. The second-order valence-corrected chi connectivity index (χ2v) is 3.63. The maximum Gasteiger partial charge on any atom is 0.326 e. The fourth-order valence-corrected chi connectivity index (χ4v) is 1.31. The normalized spacial score (nSPS) is 12.1. The Hall–Kier alpha value is -1.92. The molecule has 1 amide bonds. The summed E-state index contributed by atoms with van der Waals surface area (Å²) < 4.78 is 0. The van der Waals surface area contributed by atoms with Crippen LogP contribution in [0, 0.1) is 0 Å². The lowest BCUT2D eigenvalue weighted by Crippen LogP contribution is -2.40. The van der Waals surface area contributed by atoms with E-state index in [1.54, 1.807) is 6.92 Å². The Balaban J connectivity index is 2.65. The maximum atomic E-state index is 11.6. The van der Waals surface area contributed by atoms with Crippen molar-refractivity contribution >= 4 is 11.9 Å². The van der Waals surface area contributed by atoms with E-state index in [4.69, 9.17) is 5.11 Å². The number of hydrogen-bond acceptors (Lipinski definition) is 4. The lowest BCUT2D eigenvalue weighted by Gasteiger charge is -2.09. The molecule has 0 aromatic carbocycles. The van der Waals surface area contributed by atoms with Crippen molar-refractivity contribution in [3.63, 3.8) is 0 Å². The van der Waals surface area contributed by atoms with E-state index in [0.717, 1.165) is 6.42 Å². The van der Waals surface area contributed by atoms with Gasteiger partial charge in [0.1, 0.15) is 11.9 Å². The average molecular weight is 240 g/mol. The van der Waals surface area contributed by atoms with Gasteiger partial charge in [-0.15, -0.1) is 5.10 Å². The molecule has 0 aliphatic carbocycles. The van der Waals surface area contributed by atoms with Gasteiger partial charge in [-0.05, 0) is 12.8 Å². The van der Waals surface area contributed by atoms with Crippen molar-refractivity contribution in [3.05, 3.63) is 11.6 Å². The summed E-state index contributed by atoms with van der Waals surface area (Å²) in [5, 5.41) is 17.5. The summed E-state index contributed by atoms with van der Waals surface area (Å²) in [7, 11) is 0. The van der Waals surface area contributed by atoms with Gasteiger partial charge >= 0.3 is 5.97 Å². The summed E-state index contributed by atoms with van der Waals surface area (Å²) in [5.74, 6) is -1.03. The van der Waals surface area contributed by atoms with Gasteiger partial charge in [-0.3, -0.25) is 9.89 Å². The first kappa shape index (κ1) is 13.1. The Morgan fingerprint density at radius 3 is 2.71 bits per heavy atom. The number of H-pyrrole nitrogens is 1. The van der Waals surface area contributed by atoms with Gasteiger partial charge in [0, 0.05) is 6.42 Å². The highest BCUT2D eigenvalue weighted by molar-refractivity contribution is 5.93. The fraction of sp³-hybridized carbons (Fsp3) is 0.600. The molecule has 1 rings (SSSR count). The van der Waals surface area contributed by atoms with Gasteiger partial charge in [-0.2, -0.15) is 0 Å². The number of aromatic amines is 1. The van der Waals surface area contributed by atoms with Crippen molar-refractivity contribution < 1.29 is 14.7 Å². The third-order valence-electron chi connectivity index (χ3n) is 2.23. The van der Waals surface area contributed by atoms with E-state index < -0.39 is 17.9 Å². The highest BCUT2D eigenvalue weighted by atomic mass is 16.4. The summed E-state index contributed by atoms with van der Waals surface area (Å²) in [5.41, 5.74) is 0. The first-order valence-electron chi connectivity index (χ1n) is 5.53. The standard InChI is InChI=1S/C10H16N4O3/c1-3-5-7-12-8(14-13-7)9(15)11-6(4-2)10(16)17/h6H,3-5H2,1-2H3,(H,11,15)(H,16,17)(H,12,13,14). The minimum Gasteiger partial charge on any atom is -0.480 e. The van der Waals surface area contributed by atoms with Crippen LogP contribution in [0.15, 0.2) is 0 Å². The number of carbonyl (C=O) groups excluding carboxylic acids is 1. The third-order valence-corrected chi connectivity index (χ3v) is 2.23. The number of nitrogens with one attached hydrogen (secondary N) is 2. The van der Waals surface area contributed by atoms with Crippen LogP contribution in [0.2, 0.25) is 0 Å². The summed E-state index contributed by atoms with van der Waals surface area (Å²) in [6.07, 6.45) is 1.91. The van der Waals surface area contributed by atoms with Gasteiger partial charge in [0.15, 0.2) is 0 Å². The molecule has 0 saturated heterocycles. The smallest absolute Gasteiger partial charge is 0.326 e. The van der Waals surface area contributed by atoms with Crippen LogP contribution < -0.4 is 5.32 Å². The van der Waals surface area contributed by atoms with E-state index in [2.05, 4.69) is 20.5 Å². The number of rotatable bonds is 6. The van der Waals surface area contributed by atoms with Crippen LogP contribution in [0.3, 0.4) is 0 Å². The molecule has 0 aliphatic rings. The molecule has 1 unspecified atom stereocenters. The zero-order chi connectivity index (χ0) is 12.8. The van der Waals surface area contributed by atoms with Gasteiger partial charge in [-0.1, -0.05) is 13.8 Å². The number of carbonyl (C=O) groups is 2. The Morgan fingerprint density at radius 2 is 2.18 bits per heavy atom. The SMILES string of the molecule is CCCc1nc(C(=O)NC(CC)C(=O)O)n[nH]1. The Morgan fingerprint density at radius 1 is 1.47 bits per heavy atom. The van der Waals surface area contributed by atoms with E-state index in [1.807, 2.05) is 6.92 Å².